The third-order valence-electron chi connectivity index (χ3n) is 4.11. The Balaban J connectivity index is 2.74. The van der Waals surface area contributed by atoms with Crippen molar-refractivity contribution in [1.82, 2.24) is 4.57 Å². The molecule has 0 aliphatic rings. The summed E-state index contributed by atoms with van der Waals surface area (Å²) >= 11 is 0. The van der Waals surface area contributed by atoms with Crippen molar-refractivity contribution in [1.29, 1.82) is 0 Å². The smallest absolute Gasteiger partial charge is 0.337 e. The predicted molar refractivity (Wildman–Crippen MR) is 87.3 cm³/mol. The lowest BCUT2D eigenvalue weighted by Gasteiger charge is -2.11. The predicted octanol–water partition coefficient (Wildman–Crippen LogP) is 4.83. The molecule has 0 spiro atoms. The van der Waals surface area contributed by atoms with E-state index in [1.807, 2.05) is 6.07 Å². The second-order valence-corrected chi connectivity index (χ2v) is 5.98. The molecular formula is C18H25NO2. The zero-order valence-electron chi connectivity index (χ0n) is 13.4. The molecule has 2 rings (SSSR count). The minimum Gasteiger partial charge on any atom is -0.478 e. The largest absolute Gasteiger partial charge is 0.478 e. The average Bonchev–Trinajstić information content (AvgIpc) is 2.81. The number of benzene rings is 1. The molecule has 21 heavy (non-hydrogen) atoms. The van der Waals surface area contributed by atoms with Crippen molar-refractivity contribution >= 4 is 16.9 Å². The fourth-order valence-corrected chi connectivity index (χ4v) is 2.82. The van der Waals surface area contributed by atoms with Gasteiger partial charge in [0, 0.05) is 18.1 Å². The number of carboxylic acids is 1. The molecule has 0 saturated carbocycles. The summed E-state index contributed by atoms with van der Waals surface area (Å²) in [6, 6.07) is 4.02. The number of fused-ring (bicyclic) bond motifs is 1. The Bertz CT molecular complexity index is 653. The standard InChI is InChI=1S/C18H25NO2/c1-5-7-8-19-11-13(6-2)15-9-14(12(3)4)10-16(17(15)19)18(20)21/h9-12H,5-8H2,1-4H3,(H,20,21). The van der Waals surface area contributed by atoms with Gasteiger partial charge in [0.15, 0.2) is 0 Å². The highest BCUT2D eigenvalue weighted by atomic mass is 16.4. The molecule has 1 N–H and O–H groups in total. The average molecular weight is 287 g/mol. The third kappa shape index (κ3) is 2.97. The number of rotatable bonds is 6. The van der Waals surface area contributed by atoms with Gasteiger partial charge in [-0.2, -0.15) is 0 Å². The van der Waals surface area contributed by atoms with Crippen molar-refractivity contribution in [3.8, 4) is 0 Å². The number of aromatic nitrogens is 1. The van der Waals surface area contributed by atoms with Gasteiger partial charge in [-0.3, -0.25) is 0 Å². The molecule has 0 saturated heterocycles. The summed E-state index contributed by atoms with van der Waals surface area (Å²) in [7, 11) is 0. The zero-order chi connectivity index (χ0) is 15.6. The van der Waals surface area contributed by atoms with Gasteiger partial charge in [-0.1, -0.05) is 34.1 Å². The fraction of sp³-hybridized carbons (Fsp3) is 0.500. The van der Waals surface area contributed by atoms with E-state index < -0.39 is 5.97 Å². The van der Waals surface area contributed by atoms with Crippen LogP contribution in [0.25, 0.3) is 10.9 Å². The van der Waals surface area contributed by atoms with E-state index in [1.165, 1.54) is 5.56 Å². The lowest BCUT2D eigenvalue weighted by atomic mass is 9.96. The lowest BCUT2D eigenvalue weighted by molar-refractivity contribution is 0.0698. The minimum absolute atomic E-state index is 0.330. The molecule has 0 bridgehead atoms. The van der Waals surface area contributed by atoms with Crippen LogP contribution < -0.4 is 0 Å². The lowest BCUT2D eigenvalue weighted by Crippen LogP contribution is -2.05. The quantitative estimate of drug-likeness (QED) is 0.827. The van der Waals surface area contributed by atoms with Crippen LogP contribution in [0.1, 0.15) is 67.9 Å². The highest BCUT2D eigenvalue weighted by Crippen LogP contribution is 2.30. The third-order valence-corrected chi connectivity index (χ3v) is 4.11. The molecule has 3 heteroatoms. The first-order valence-corrected chi connectivity index (χ1v) is 7.88. The van der Waals surface area contributed by atoms with Gasteiger partial charge in [0.2, 0.25) is 0 Å². The van der Waals surface area contributed by atoms with Crippen molar-refractivity contribution in [3.63, 3.8) is 0 Å². The van der Waals surface area contributed by atoms with E-state index in [1.54, 1.807) is 0 Å². The zero-order valence-corrected chi connectivity index (χ0v) is 13.4. The maximum atomic E-state index is 11.7. The summed E-state index contributed by atoms with van der Waals surface area (Å²) in [6.45, 7) is 9.37. The molecule has 0 aliphatic heterocycles. The van der Waals surface area contributed by atoms with Crippen LogP contribution in [-0.2, 0) is 13.0 Å². The molecule has 0 amide bonds. The summed E-state index contributed by atoms with van der Waals surface area (Å²) in [5, 5.41) is 10.7. The van der Waals surface area contributed by atoms with E-state index in [0.29, 0.717) is 11.5 Å². The van der Waals surface area contributed by atoms with Crippen LogP contribution in [0.4, 0.5) is 0 Å². The summed E-state index contributed by atoms with van der Waals surface area (Å²) < 4.78 is 2.13. The SMILES string of the molecule is CCCCn1cc(CC)c2cc(C(C)C)cc(C(=O)O)c21. The van der Waals surface area contributed by atoms with Gasteiger partial charge in [0.05, 0.1) is 11.1 Å². The van der Waals surface area contributed by atoms with E-state index in [4.69, 9.17) is 0 Å². The molecule has 3 nitrogen and oxygen atoms in total. The van der Waals surface area contributed by atoms with Gasteiger partial charge in [-0.25, -0.2) is 4.79 Å². The van der Waals surface area contributed by atoms with Crippen LogP contribution in [0, 0.1) is 0 Å². The van der Waals surface area contributed by atoms with E-state index in [9.17, 15) is 9.90 Å². The molecule has 0 aliphatic carbocycles. The topological polar surface area (TPSA) is 42.2 Å². The van der Waals surface area contributed by atoms with Crippen LogP contribution in [0.15, 0.2) is 18.3 Å². The van der Waals surface area contributed by atoms with Gasteiger partial charge in [-0.15, -0.1) is 0 Å². The number of unbranched alkanes of at least 4 members (excludes halogenated alkanes) is 1. The second-order valence-electron chi connectivity index (χ2n) is 5.98. The Hall–Kier alpha value is -1.77. The van der Waals surface area contributed by atoms with Crippen LogP contribution in [0.3, 0.4) is 0 Å². The summed E-state index contributed by atoms with van der Waals surface area (Å²) in [5.41, 5.74) is 3.66. The van der Waals surface area contributed by atoms with E-state index >= 15 is 0 Å². The van der Waals surface area contributed by atoms with Crippen LogP contribution in [0.2, 0.25) is 0 Å². The van der Waals surface area contributed by atoms with Crippen LogP contribution in [0.5, 0.6) is 0 Å². The van der Waals surface area contributed by atoms with Crippen LogP contribution >= 0.6 is 0 Å². The highest BCUT2D eigenvalue weighted by molar-refractivity contribution is 6.04. The maximum absolute atomic E-state index is 11.7. The molecule has 1 heterocycles. The molecule has 2 aromatic rings. The Morgan fingerprint density at radius 3 is 2.52 bits per heavy atom. The van der Waals surface area contributed by atoms with Crippen molar-refractivity contribution in [2.45, 2.75) is 59.4 Å². The van der Waals surface area contributed by atoms with Crippen molar-refractivity contribution in [2.75, 3.05) is 0 Å². The fourth-order valence-electron chi connectivity index (χ4n) is 2.82. The molecule has 0 fully saturated rings. The molecule has 0 radical (unpaired) electrons. The number of carboxylic acid groups (broad SMARTS) is 1. The first-order chi connectivity index (χ1) is 9.99. The van der Waals surface area contributed by atoms with Gasteiger partial charge >= 0.3 is 5.97 Å². The van der Waals surface area contributed by atoms with Gasteiger partial charge in [-0.05, 0) is 42.0 Å². The van der Waals surface area contributed by atoms with Crippen LogP contribution in [-0.4, -0.2) is 15.6 Å². The van der Waals surface area contributed by atoms with Gasteiger partial charge in [0.1, 0.15) is 0 Å². The number of aryl methyl sites for hydroxylation is 2. The normalized spacial score (nSPS) is 11.5. The monoisotopic (exact) mass is 287 g/mol. The van der Waals surface area contributed by atoms with Crippen molar-refractivity contribution in [3.05, 3.63) is 35.0 Å². The first kappa shape index (κ1) is 15.6. The number of hydrogen-bond donors (Lipinski definition) is 1. The number of hydrogen-bond acceptors (Lipinski definition) is 1. The Labute approximate surface area is 126 Å². The first-order valence-electron chi connectivity index (χ1n) is 7.88. The molecule has 114 valence electrons. The maximum Gasteiger partial charge on any atom is 0.337 e. The Morgan fingerprint density at radius 1 is 1.29 bits per heavy atom. The molecule has 1 aromatic heterocycles. The highest BCUT2D eigenvalue weighted by Gasteiger charge is 2.18. The minimum atomic E-state index is -0.832. The van der Waals surface area contributed by atoms with Crippen molar-refractivity contribution < 1.29 is 9.90 Å². The van der Waals surface area contributed by atoms with E-state index in [0.717, 1.165) is 42.3 Å². The Morgan fingerprint density at radius 2 is 2.00 bits per heavy atom. The Kier molecular flexibility index (Phi) is 4.71. The van der Waals surface area contributed by atoms with Gasteiger partial charge in [0.25, 0.3) is 0 Å². The molecule has 0 atom stereocenters. The second kappa shape index (κ2) is 6.33. The number of nitrogens with zero attached hydrogens (tertiary/aromatic N) is 1. The summed E-state index contributed by atoms with van der Waals surface area (Å²) in [5.74, 6) is -0.503. The molecular weight excluding hydrogens is 262 g/mol. The molecule has 1 aromatic carbocycles. The number of carbonyl (C=O) groups is 1. The van der Waals surface area contributed by atoms with Gasteiger partial charge < -0.3 is 9.67 Å². The number of aromatic carboxylic acids is 1. The van der Waals surface area contributed by atoms with E-state index in [-0.39, 0.29) is 0 Å². The van der Waals surface area contributed by atoms with Crippen molar-refractivity contribution in [2.24, 2.45) is 0 Å². The molecule has 0 unspecified atom stereocenters. The van der Waals surface area contributed by atoms with E-state index in [2.05, 4.69) is 44.5 Å². The summed E-state index contributed by atoms with van der Waals surface area (Å²) in [6.07, 6.45) is 5.23. The summed E-state index contributed by atoms with van der Waals surface area (Å²) in [4.78, 5) is 11.7.